The monoisotopic (exact) mass is 308 g/mol. The number of hydrogen-bond acceptors (Lipinski definition) is 0. The van der Waals surface area contributed by atoms with Crippen molar-refractivity contribution >= 4 is 23.2 Å². The Bertz CT molecular complexity index is 612. The zero-order valence-corrected chi connectivity index (χ0v) is 13.2. The maximum absolute atomic E-state index is 4.21. The van der Waals surface area contributed by atoms with Crippen molar-refractivity contribution in [2.75, 3.05) is 0 Å². The molecule has 0 N–H and O–H groups in total. The molecule has 0 unspecified atom stereocenters. The van der Waals surface area contributed by atoms with E-state index in [0.29, 0.717) is 0 Å². The fraction of sp³-hybridized carbons (Fsp3) is 0. The molecule has 0 atom stereocenters. The Hall–Kier alpha value is -2.24. The van der Waals surface area contributed by atoms with Crippen LogP contribution in [0.15, 0.2) is 103 Å². The zero-order valence-electron chi connectivity index (χ0n) is 12.3. The van der Waals surface area contributed by atoms with Gasteiger partial charge in [-0.1, -0.05) is 61.2 Å². The molecular formula is C20H18FP. The van der Waals surface area contributed by atoms with Gasteiger partial charge < -0.3 is 4.70 Å². The molecule has 0 aliphatic heterocycles. The third kappa shape index (κ3) is 2.73. The van der Waals surface area contributed by atoms with Crippen molar-refractivity contribution in [3.05, 3.63) is 103 Å². The zero-order chi connectivity index (χ0) is 14.5. The van der Waals surface area contributed by atoms with Gasteiger partial charge in [0.2, 0.25) is 0 Å². The van der Waals surface area contributed by atoms with Gasteiger partial charge in [-0.05, 0) is 36.4 Å². The van der Waals surface area contributed by atoms with Crippen LogP contribution in [0.5, 0.6) is 0 Å². The summed E-state index contributed by atoms with van der Waals surface area (Å²) in [6.45, 7) is 4.21. The molecule has 0 saturated heterocycles. The average Bonchev–Trinajstić information content (AvgIpc) is 2.59. The van der Waals surface area contributed by atoms with Crippen LogP contribution in [0.3, 0.4) is 0 Å². The van der Waals surface area contributed by atoms with Crippen LogP contribution in [0.2, 0.25) is 0 Å². The second-order valence-electron chi connectivity index (χ2n) is 4.91. The van der Waals surface area contributed by atoms with Crippen LogP contribution in [-0.2, 0) is 0 Å². The van der Waals surface area contributed by atoms with E-state index in [1.54, 1.807) is 0 Å². The van der Waals surface area contributed by atoms with Gasteiger partial charge in [0, 0.05) is 0 Å². The van der Waals surface area contributed by atoms with E-state index in [-0.39, 0.29) is 4.70 Å². The van der Waals surface area contributed by atoms with Crippen molar-refractivity contribution in [3.8, 4) is 0 Å². The van der Waals surface area contributed by atoms with E-state index in [1.165, 1.54) is 15.9 Å². The quantitative estimate of drug-likeness (QED) is 0.634. The fourth-order valence-corrected chi connectivity index (χ4v) is 6.21. The van der Waals surface area contributed by atoms with Crippen LogP contribution in [-0.4, -0.2) is 0 Å². The Kier molecular flexibility index (Phi) is 5.25. The highest BCUT2D eigenvalue weighted by Gasteiger charge is 2.42. The minimum absolute atomic E-state index is 0. The number of hydrogen-bond donors (Lipinski definition) is 0. The SMILES string of the molecule is C=C[P+](c1ccccc1)(c1ccccc1)c1ccccc1.[F-]. The second-order valence-corrected chi connectivity index (χ2v) is 8.27. The summed E-state index contributed by atoms with van der Waals surface area (Å²) in [5.41, 5.74) is 0. The van der Waals surface area contributed by atoms with E-state index in [9.17, 15) is 0 Å². The normalized spacial score (nSPS) is 10.5. The van der Waals surface area contributed by atoms with E-state index in [0.717, 1.165) is 0 Å². The molecule has 0 aliphatic rings. The molecule has 0 aliphatic carbocycles. The van der Waals surface area contributed by atoms with E-state index >= 15 is 0 Å². The molecule has 0 nitrogen and oxygen atoms in total. The largest absolute Gasteiger partial charge is 1.00 e. The summed E-state index contributed by atoms with van der Waals surface area (Å²) in [5, 5.41) is 4.03. The molecule has 0 amide bonds. The number of rotatable bonds is 4. The van der Waals surface area contributed by atoms with Crippen LogP contribution in [0.25, 0.3) is 0 Å². The fourth-order valence-electron chi connectivity index (χ4n) is 2.75. The molecule has 0 aromatic heterocycles. The van der Waals surface area contributed by atoms with Gasteiger partial charge in [-0.3, -0.25) is 0 Å². The minimum Gasteiger partial charge on any atom is -1.00 e. The van der Waals surface area contributed by atoms with Gasteiger partial charge in [0.25, 0.3) is 0 Å². The molecule has 3 rings (SSSR count). The summed E-state index contributed by atoms with van der Waals surface area (Å²) in [6.07, 6.45) is 0. The highest BCUT2D eigenvalue weighted by atomic mass is 31.2. The molecule has 0 bridgehead atoms. The molecule has 0 heterocycles. The lowest BCUT2D eigenvalue weighted by atomic mass is 10.4. The van der Waals surface area contributed by atoms with Crippen LogP contribution < -0.4 is 20.6 Å². The molecular weight excluding hydrogens is 290 g/mol. The van der Waals surface area contributed by atoms with Gasteiger partial charge in [0.1, 0.15) is 23.2 Å². The Morgan fingerprint density at radius 3 is 1.05 bits per heavy atom. The molecule has 110 valence electrons. The second kappa shape index (κ2) is 7.15. The molecule has 0 saturated carbocycles. The topological polar surface area (TPSA) is 0 Å². The van der Waals surface area contributed by atoms with Crippen LogP contribution in [0.4, 0.5) is 0 Å². The van der Waals surface area contributed by atoms with E-state index in [1.807, 2.05) is 0 Å². The Morgan fingerprint density at radius 1 is 0.545 bits per heavy atom. The maximum Gasteiger partial charge on any atom is 0.136 e. The Balaban J connectivity index is 0.00000176. The van der Waals surface area contributed by atoms with Gasteiger partial charge in [-0.2, -0.15) is 0 Å². The van der Waals surface area contributed by atoms with E-state index < -0.39 is 7.26 Å². The van der Waals surface area contributed by atoms with Crippen molar-refractivity contribution in [1.82, 2.24) is 0 Å². The van der Waals surface area contributed by atoms with Crippen LogP contribution in [0.1, 0.15) is 0 Å². The summed E-state index contributed by atoms with van der Waals surface area (Å²) in [4.78, 5) is 0. The first-order valence-electron chi connectivity index (χ1n) is 7.07. The van der Waals surface area contributed by atoms with Crippen molar-refractivity contribution in [2.45, 2.75) is 0 Å². The molecule has 0 spiro atoms. The first kappa shape index (κ1) is 16.1. The summed E-state index contributed by atoms with van der Waals surface area (Å²) >= 11 is 0. The molecule has 0 fully saturated rings. The number of benzene rings is 3. The summed E-state index contributed by atoms with van der Waals surface area (Å²) < 4.78 is 0. The predicted molar refractivity (Wildman–Crippen MR) is 95.3 cm³/mol. The van der Waals surface area contributed by atoms with Crippen LogP contribution in [0, 0.1) is 0 Å². The van der Waals surface area contributed by atoms with Gasteiger partial charge >= 0.3 is 0 Å². The molecule has 2 heteroatoms. The van der Waals surface area contributed by atoms with Crippen molar-refractivity contribution in [2.24, 2.45) is 0 Å². The molecule has 0 radical (unpaired) electrons. The van der Waals surface area contributed by atoms with Crippen LogP contribution >= 0.6 is 7.26 Å². The predicted octanol–water partition coefficient (Wildman–Crippen LogP) is 1.13. The lowest BCUT2D eigenvalue weighted by Crippen LogP contribution is -3.00. The molecule has 3 aromatic carbocycles. The first-order valence-corrected chi connectivity index (χ1v) is 8.93. The van der Waals surface area contributed by atoms with Gasteiger partial charge in [0.15, 0.2) is 0 Å². The van der Waals surface area contributed by atoms with E-state index in [2.05, 4.69) is 103 Å². The van der Waals surface area contributed by atoms with E-state index in [4.69, 9.17) is 0 Å². The van der Waals surface area contributed by atoms with Gasteiger partial charge in [0.05, 0.1) is 5.82 Å². The Morgan fingerprint density at radius 2 is 0.818 bits per heavy atom. The average molecular weight is 308 g/mol. The summed E-state index contributed by atoms with van der Waals surface area (Å²) in [5.74, 6) is 2.16. The maximum atomic E-state index is 4.21. The summed E-state index contributed by atoms with van der Waals surface area (Å²) in [6, 6.07) is 32.2. The molecule has 3 aromatic rings. The first-order chi connectivity index (χ1) is 10.4. The summed E-state index contributed by atoms with van der Waals surface area (Å²) in [7, 11) is -1.77. The standard InChI is InChI=1S/C20H18P.FH/c1-2-21(18-12-6-3-7-13-18,19-14-8-4-9-15-19)20-16-10-5-11-17-20;/h2-17H,1H2;1H/q+1;/p-1. The van der Waals surface area contributed by atoms with Crippen molar-refractivity contribution in [1.29, 1.82) is 0 Å². The highest BCUT2D eigenvalue weighted by Crippen LogP contribution is 2.56. The lowest BCUT2D eigenvalue weighted by molar-refractivity contribution is -0.00000402. The highest BCUT2D eigenvalue weighted by molar-refractivity contribution is 7.98. The Labute approximate surface area is 131 Å². The van der Waals surface area contributed by atoms with Crippen molar-refractivity contribution in [3.63, 3.8) is 0 Å². The molecule has 22 heavy (non-hydrogen) atoms. The van der Waals surface area contributed by atoms with Crippen molar-refractivity contribution < 1.29 is 4.70 Å². The lowest BCUT2D eigenvalue weighted by Gasteiger charge is -2.23. The number of halogens is 1. The third-order valence-electron chi connectivity index (χ3n) is 3.76. The third-order valence-corrected chi connectivity index (χ3v) is 7.65. The van der Waals surface area contributed by atoms with Gasteiger partial charge in [-0.15, -0.1) is 0 Å². The van der Waals surface area contributed by atoms with Gasteiger partial charge in [-0.25, -0.2) is 0 Å². The minimum atomic E-state index is -1.77. The smallest absolute Gasteiger partial charge is 0.136 e.